The number of piperidine rings is 1. The van der Waals surface area contributed by atoms with Gasteiger partial charge in [0, 0.05) is 19.3 Å². The van der Waals surface area contributed by atoms with Crippen LogP contribution in [0.25, 0.3) is 5.82 Å². The zero-order chi connectivity index (χ0) is 13.9. The van der Waals surface area contributed by atoms with E-state index in [0.717, 1.165) is 25.9 Å². The number of likely N-dealkylation sites (tertiary alicyclic amines) is 1. The van der Waals surface area contributed by atoms with Crippen molar-refractivity contribution in [1.29, 1.82) is 0 Å². The zero-order valence-corrected chi connectivity index (χ0v) is 11.4. The highest BCUT2D eigenvalue weighted by Gasteiger charge is 2.21. The summed E-state index contributed by atoms with van der Waals surface area (Å²) in [4.78, 5) is 18.6. The Balaban J connectivity index is 1.73. The molecule has 6 nitrogen and oxygen atoms in total. The van der Waals surface area contributed by atoms with Gasteiger partial charge in [-0.2, -0.15) is 0 Å². The van der Waals surface area contributed by atoms with E-state index in [1.165, 1.54) is 0 Å². The van der Waals surface area contributed by atoms with Crippen LogP contribution in [0.15, 0.2) is 31.0 Å². The van der Waals surface area contributed by atoms with Gasteiger partial charge in [-0.25, -0.2) is 4.98 Å². The largest absolute Gasteiger partial charge is 0.339 e. The number of pyridine rings is 1. The van der Waals surface area contributed by atoms with Gasteiger partial charge in [0.25, 0.3) is 5.91 Å². The molecule has 0 N–H and O–H groups in total. The molecule has 1 saturated heterocycles. The summed E-state index contributed by atoms with van der Waals surface area (Å²) in [6.07, 6.45) is 6.94. The highest BCUT2D eigenvalue weighted by Crippen LogP contribution is 2.18. The number of amides is 1. The van der Waals surface area contributed by atoms with E-state index in [9.17, 15) is 4.79 Å². The van der Waals surface area contributed by atoms with Gasteiger partial charge in [-0.3, -0.25) is 9.36 Å². The van der Waals surface area contributed by atoms with Crippen molar-refractivity contribution in [2.75, 3.05) is 13.1 Å². The quantitative estimate of drug-likeness (QED) is 0.831. The first-order chi connectivity index (χ1) is 9.74. The van der Waals surface area contributed by atoms with Gasteiger partial charge >= 0.3 is 0 Å². The molecule has 0 bridgehead atoms. The molecule has 3 rings (SSSR count). The lowest BCUT2D eigenvalue weighted by molar-refractivity contribution is 0.0697. The van der Waals surface area contributed by atoms with Gasteiger partial charge in [0.2, 0.25) is 0 Å². The van der Waals surface area contributed by atoms with Crippen LogP contribution in [0.5, 0.6) is 0 Å². The van der Waals surface area contributed by atoms with Gasteiger partial charge in [-0.05, 0) is 30.9 Å². The summed E-state index contributed by atoms with van der Waals surface area (Å²) in [5.41, 5.74) is 0.636. The van der Waals surface area contributed by atoms with Gasteiger partial charge in [0.1, 0.15) is 18.5 Å². The Morgan fingerprint density at radius 2 is 1.90 bits per heavy atom. The van der Waals surface area contributed by atoms with E-state index in [4.69, 9.17) is 0 Å². The SMILES string of the molecule is CC1CCN(C(=O)c2ccc(-n3cnnc3)nc2)CC1. The average Bonchev–Trinajstić information content (AvgIpc) is 3.02. The second-order valence-electron chi connectivity index (χ2n) is 5.25. The van der Waals surface area contributed by atoms with Crippen molar-refractivity contribution in [1.82, 2.24) is 24.6 Å². The monoisotopic (exact) mass is 271 g/mol. The highest BCUT2D eigenvalue weighted by atomic mass is 16.2. The second kappa shape index (κ2) is 5.40. The number of carbonyl (C=O) groups excluding carboxylic acids is 1. The molecule has 0 unspecified atom stereocenters. The average molecular weight is 271 g/mol. The molecule has 0 saturated carbocycles. The van der Waals surface area contributed by atoms with E-state index in [1.807, 2.05) is 17.0 Å². The molecule has 1 fully saturated rings. The van der Waals surface area contributed by atoms with E-state index in [1.54, 1.807) is 23.4 Å². The molecule has 6 heteroatoms. The van der Waals surface area contributed by atoms with Crippen molar-refractivity contribution in [3.63, 3.8) is 0 Å². The summed E-state index contributed by atoms with van der Waals surface area (Å²) in [5, 5.41) is 7.47. The third-order valence-corrected chi connectivity index (χ3v) is 3.75. The Hall–Kier alpha value is -2.24. The van der Waals surface area contributed by atoms with Crippen molar-refractivity contribution in [2.45, 2.75) is 19.8 Å². The predicted octanol–water partition coefficient (Wildman–Crippen LogP) is 1.53. The molecule has 3 heterocycles. The molecule has 2 aromatic rings. The lowest BCUT2D eigenvalue weighted by atomic mass is 9.99. The zero-order valence-electron chi connectivity index (χ0n) is 11.4. The first-order valence-corrected chi connectivity index (χ1v) is 6.84. The molecule has 0 spiro atoms. The molecular weight excluding hydrogens is 254 g/mol. The third kappa shape index (κ3) is 2.54. The fraction of sp³-hybridized carbons (Fsp3) is 0.429. The summed E-state index contributed by atoms with van der Waals surface area (Å²) in [6, 6.07) is 3.62. The summed E-state index contributed by atoms with van der Waals surface area (Å²) in [7, 11) is 0. The number of carbonyl (C=O) groups is 1. The third-order valence-electron chi connectivity index (χ3n) is 3.75. The number of hydrogen-bond acceptors (Lipinski definition) is 4. The van der Waals surface area contributed by atoms with Crippen LogP contribution in [-0.4, -0.2) is 43.6 Å². The number of hydrogen-bond donors (Lipinski definition) is 0. The summed E-state index contributed by atoms with van der Waals surface area (Å²) < 4.78 is 1.71. The van der Waals surface area contributed by atoms with Crippen LogP contribution in [0, 0.1) is 5.92 Å². The Labute approximate surface area is 117 Å². The van der Waals surface area contributed by atoms with Crippen LogP contribution in [0.1, 0.15) is 30.1 Å². The number of aromatic nitrogens is 4. The lowest BCUT2D eigenvalue weighted by Gasteiger charge is -2.30. The minimum atomic E-state index is 0.0692. The first kappa shape index (κ1) is 12.8. The van der Waals surface area contributed by atoms with E-state index >= 15 is 0 Å². The van der Waals surface area contributed by atoms with E-state index < -0.39 is 0 Å². The van der Waals surface area contributed by atoms with Gasteiger partial charge in [0.05, 0.1) is 5.56 Å². The van der Waals surface area contributed by atoms with Gasteiger partial charge < -0.3 is 4.90 Å². The van der Waals surface area contributed by atoms with E-state index in [0.29, 0.717) is 17.3 Å². The van der Waals surface area contributed by atoms with Crippen molar-refractivity contribution < 1.29 is 4.79 Å². The van der Waals surface area contributed by atoms with Gasteiger partial charge in [-0.1, -0.05) is 6.92 Å². The van der Waals surface area contributed by atoms with Crippen molar-refractivity contribution in [3.05, 3.63) is 36.5 Å². The normalized spacial score (nSPS) is 16.4. The standard InChI is InChI=1S/C14H17N5O/c1-11-4-6-18(7-5-11)14(20)12-2-3-13(15-8-12)19-9-16-17-10-19/h2-3,8-11H,4-7H2,1H3. The molecule has 2 aromatic heterocycles. The van der Waals surface area contributed by atoms with Crippen LogP contribution in [-0.2, 0) is 0 Å². The van der Waals surface area contributed by atoms with Crippen LogP contribution in [0.4, 0.5) is 0 Å². The Kier molecular flexibility index (Phi) is 3.45. The molecular formula is C14H17N5O. The number of nitrogens with zero attached hydrogens (tertiary/aromatic N) is 5. The predicted molar refractivity (Wildman–Crippen MR) is 73.5 cm³/mol. The molecule has 1 aliphatic heterocycles. The fourth-order valence-corrected chi connectivity index (χ4v) is 2.38. The van der Waals surface area contributed by atoms with Crippen LogP contribution >= 0.6 is 0 Å². The van der Waals surface area contributed by atoms with Crippen LogP contribution in [0.2, 0.25) is 0 Å². The van der Waals surface area contributed by atoms with Crippen molar-refractivity contribution in [3.8, 4) is 5.82 Å². The molecule has 0 aliphatic carbocycles. The Morgan fingerprint density at radius 1 is 1.20 bits per heavy atom. The second-order valence-corrected chi connectivity index (χ2v) is 5.25. The van der Waals surface area contributed by atoms with Crippen molar-refractivity contribution in [2.24, 2.45) is 5.92 Å². The maximum absolute atomic E-state index is 12.4. The minimum absolute atomic E-state index is 0.0692. The van der Waals surface area contributed by atoms with Gasteiger partial charge in [0.15, 0.2) is 0 Å². The van der Waals surface area contributed by atoms with E-state index in [2.05, 4.69) is 22.1 Å². The summed E-state index contributed by atoms with van der Waals surface area (Å²) in [5.74, 6) is 1.49. The fourth-order valence-electron chi connectivity index (χ4n) is 2.38. The molecule has 104 valence electrons. The van der Waals surface area contributed by atoms with Crippen LogP contribution < -0.4 is 0 Å². The summed E-state index contributed by atoms with van der Waals surface area (Å²) in [6.45, 7) is 3.91. The first-order valence-electron chi connectivity index (χ1n) is 6.84. The lowest BCUT2D eigenvalue weighted by Crippen LogP contribution is -2.37. The maximum Gasteiger partial charge on any atom is 0.255 e. The topological polar surface area (TPSA) is 63.9 Å². The smallest absolute Gasteiger partial charge is 0.255 e. The van der Waals surface area contributed by atoms with E-state index in [-0.39, 0.29) is 5.91 Å². The van der Waals surface area contributed by atoms with Crippen molar-refractivity contribution >= 4 is 5.91 Å². The highest BCUT2D eigenvalue weighted by molar-refractivity contribution is 5.94. The maximum atomic E-state index is 12.4. The molecule has 0 aromatic carbocycles. The molecule has 0 atom stereocenters. The molecule has 0 radical (unpaired) electrons. The Bertz CT molecular complexity index is 570. The van der Waals surface area contributed by atoms with Gasteiger partial charge in [-0.15, -0.1) is 10.2 Å². The molecule has 1 amide bonds. The van der Waals surface area contributed by atoms with Crippen LogP contribution in [0.3, 0.4) is 0 Å². The Morgan fingerprint density at radius 3 is 2.50 bits per heavy atom. The number of rotatable bonds is 2. The molecule has 20 heavy (non-hydrogen) atoms. The minimum Gasteiger partial charge on any atom is -0.339 e. The molecule has 1 aliphatic rings. The summed E-state index contributed by atoms with van der Waals surface area (Å²) >= 11 is 0.